The smallest absolute Gasteiger partial charge is 0.0463 e. The van der Waals surface area contributed by atoms with Crippen molar-refractivity contribution in [2.45, 2.75) is 6.42 Å². The molecule has 0 fully saturated rings. The van der Waals surface area contributed by atoms with Gasteiger partial charge < -0.3 is 10.7 Å². The van der Waals surface area contributed by atoms with E-state index in [9.17, 15) is 0 Å². The summed E-state index contributed by atoms with van der Waals surface area (Å²) in [5.74, 6) is 0. The molecule has 0 aliphatic carbocycles. The summed E-state index contributed by atoms with van der Waals surface area (Å²) < 4.78 is 0. The van der Waals surface area contributed by atoms with E-state index in [0.717, 1.165) is 11.9 Å². The third kappa shape index (κ3) is 1.89. The number of aromatic amines is 1. The first-order valence-corrected chi connectivity index (χ1v) is 6.09. The van der Waals surface area contributed by atoms with Gasteiger partial charge in [-0.2, -0.15) is 0 Å². The van der Waals surface area contributed by atoms with Gasteiger partial charge >= 0.3 is 0 Å². The van der Waals surface area contributed by atoms with Crippen LogP contribution in [0.5, 0.6) is 0 Å². The van der Waals surface area contributed by atoms with Gasteiger partial charge in [0.15, 0.2) is 0 Å². The van der Waals surface area contributed by atoms with E-state index in [-0.39, 0.29) is 0 Å². The van der Waals surface area contributed by atoms with Gasteiger partial charge in [0.2, 0.25) is 0 Å². The van der Waals surface area contributed by atoms with E-state index in [1.54, 1.807) is 0 Å². The molecule has 3 heteroatoms. The lowest BCUT2D eigenvalue weighted by atomic mass is 10.0. The first-order valence-electron chi connectivity index (χ1n) is 6.09. The second-order valence-corrected chi connectivity index (χ2v) is 4.35. The van der Waals surface area contributed by atoms with Crippen LogP contribution in [0.15, 0.2) is 48.9 Å². The Balaban J connectivity index is 2.07. The maximum Gasteiger partial charge on any atom is 0.0463 e. The fourth-order valence-corrected chi connectivity index (χ4v) is 2.27. The van der Waals surface area contributed by atoms with Crippen molar-refractivity contribution in [2.24, 2.45) is 5.73 Å². The number of hydrogen-bond donors (Lipinski definition) is 2. The Morgan fingerprint density at radius 2 is 1.89 bits per heavy atom. The van der Waals surface area contributed by atoms with Crippen LogP contribution in [0.25, 0.3) is 22.0 Å². The van der Waals surface area contributed by atoms with Crippen molar-refractivity contribution >= 4 is 10.9 Å². The lowest BCUT2D eigenvalue weighted by Gasteiger charge is -2.02. The van der Waals surface area contributed by atoms with Gasteiger partial charge in [-0.15, -0.1) is 0 Å². The Kier molecular flexibility index (Phi) is 2.82. The summed E-state index contributed by atoms with van der Waals surface area (Å²) >= 11 is 0. The summed E-state index contributed by atoms with van der Waals surface area (Å²) in [7, 11) is 0. The number of benzene rings is 1. The van der Waals surface area contributed by atoms with Crippen LogP contribution in [0.4, 0.5) is 0 Å². The molecule has 0 saturated heterocycles. The van der Waals surface area contributed by atoms with Gasteiger partial charge in [-0.25, -0.2) is 0 Å². The third-order valence-corrected chi connectivity index (χ3v) is 3.19. The minimum Gasteiger partial charge on any atom is -0.361 e. The van der Waals surface area contributed by atoms with Crippen LogP contribution in [0.1, 0.15) is 5.56 Å². The first-order chi connectivity index (χ1) is 8.88. The van der Waals surface area contributed by atoms with E-state index < -0.39 is 0 Å². The molecule has 1 aromatic carbocycles. The minimum atomic E-state index is 0.680. The Morgan fingerprint density at radius 3 is 2.67 bits per heavy atom. The summed E-state index contributed by atoms with van der Waals surface area (Å²) in [6.45, 7) is 0.680. The standard InChI is InChI=1S/C15H15N3/c16-6-3-13-10-18-15-9-12(1-2-14(13)15)11-4-7-17-8-5-11/h1-2,4-5,7-10,18H,3,6,16H2. The molecule has 3 rings (SSSR count). The van der Waals surface area contributed by atoms with Gasteiger partial charge in [0.05, 0.1) is 0 Å². The van der Waals surface area contributed by atoms with Crippen LogP contribution in [-0.4, -0.2) is 16.5 Å². The van der Waals surface area contributed by atoms with E-state index in [1.807, 2.05) is 30.7 Å². The molecule has 0 atom stereocenters. The van der Waals surface area contributed by atoms with Crippen LogP contribution in [0.2, 0.25) is 0 Å². The molecule has 0 spiro atoms. The average molecular weight is 237 g/mol. The summed E-state index contributed by atoms with van der Waals surface area (Å²) in [4.78, 5) is 7.35. The fourth-order valence-electron chi connectivity index (χ4n) is 2.27. The third-order valence-electron chi connectivity index (χ3n) is 3.19. The molecule has 0 aliphatic heterocycles. The molecule has 2 heterocycles. The number of H-pyrrole nitrogens is 1. The lowest BCUT2D eigenvalue weighted by molar-refractivity contribution is 0.976. The van der Waals surface area contributed by atoms with Crippen LogP contribution in [0.3, 0.4) is 0 Å². The molecule has 0 radical (unpaired) electrons. The first kappa shape index (κ1) is 11.0. The van der Waals surface area contributed by atoms with Gasteiger partial charge in [-0.3, -0.25) is 4.98 Å². The predicted molar refractivity (Wildman–Crippen MR) is 74.3 cm³/mol. The summed E-state index contributed by atoms with van der Waals surface area (Å²) in [6, 6.07) is 10.5. The fraction of sp³-hybridized carbons (Fsp3) is 0.133. The number of hydrogen-bond acceptors (Lipinski definition) is 2. The number of nitrogens with zero attached hydrogens (tertiary/aromatic N) is 1. The summed E-state index contributed by atoms with van der Waals surface area (Å²) in [5, 5.41) is 1.26. The average Bonchev–Trinajstić information content (AvgIpc) is 2.83. The SMILES string of the molecule is NCCc1c[nH]c2cc(-c3ccncc3)ccc12. The maximum atomic E-state index is 5.61. The highest BCUT2D eigenvalue weighted by Crippen LogP contribution is 2.25. The number of fused-ring (bicyclic) bond motifs is 1. The van der Waals surface area contributed by atoms with Gasteiger partial charge in [0, 0.05) is 29.5 Å². The van der Waals surface area contributed by atoms with Crippen molar-refractivity contribution < 1.29 is 0 Å². The van der Waals surface area contributed by atoms with Crippen LogP contribution in [-0.2, 0) is 6.42 Å². The highest BCUT2D eigenvalue weighted by atomic mass is 14.7. The Hall–Kier alpha value is -2.13. The Labute approximate surface area is 106 Å². The van der Waals surface area contributed by atoms with Crippen LogP contribution in [0, 0.1) is 0 Å². The number of rotatable bonds is 3. The monoisotopic (exact) mass is 237 g/mol. The van der Waals surface area contributed by atoms with E-state index in [4.69, 9.17) is 5.73 Å². The largest absolute Gasteiger partial charge is 0.361 e. The van der Waals surface area contributed by atoms with Crippen LogP contribution < -0.4 is 5.73 Å². The zero-order valence-corrected chi connectivity index (χ0v) is 10.1. The van der Waals surface area contributed by atoms with Crippen molar-refractivity contribution in [3.8, 4) is 11.1 Å². The second kappa shape index (κ2) is 4.63. The highest BCUT2D eigenvalue weighted by Gasteiger charge is 2.04. The molecular formula is C15H15N3. The molecule has 18 heavy (non-hydrogen) atoms. The molecule has 0 unspecified atom stereocenters. The van der Waals surface area contributed by atoms with Crippen molar-refractivity contribution in [1.29, 1.82) is 0 Å². The van der Waals surface area contributed by atoms with Crippen molar-refractivity contribution in [2.75, 3.05) is 6.54 Å². The zero-order valence-electron chi connectivity index (χ0n) is 10.1. The van der Waals surface area contributed by atoms with E-state index in [2.05, 4.69) is 28.2 Å². The Morgan fingerprint density at radius 1 is 1.06 bits per heavy atom. The molecule has 90 valence electrons. The number of pyridine rings is 1. The number of nitrogens with two attached hydrogens (primary N) is 1. The Bertz CT molecular complexity index is 656. The van der Waals surface area contributed by atoms with Gasteiger partial charge in [-0.1, -0.05) is 12.1 Å². The molecule has 2 aromatic heterocycles. The van der Waals surface area contributed by atoms with Gasteiger partial charge in [-0.05, 0) is 47.9 Å². The van der Waals surface area contributed by atoms with E-state index in [0.29, 0.717) is 6.54 Å². The molecule has 0 bridgehead atoms. The van der Waals surface area contributed by atoms with Crippen LogP contribution >= 0.6 is 0 Å². The van der Waals surface area contributed by atoms with Gasteiger partial charge in [0.1, 0.15) is 0 Å². The maximum absolute atomic E-state index is 5.61. The van der Waals surface area contributed by atoms with Gasteiger partial charge in [0.25, 0.3) is 0 Å². The molecule has 0 saturated carbocycles. The van der Waals surface area contributed by atoms with E-state index in [1.165, 1.54) is 22.1 Å². The van der Waals surface area contributed by atoms with Crippen molar-refractivity contribution in [3.05, 3.63) is 54.5 Å². The lowest BCUT2D eigenvalue weighted by Crippen LogP contribution is -2.01. The number of nitrogens with one attached hydrogen (secondary N) is 1. The van der Waals surface area contributed by atoms with Crippen molar-refractivity contribution in [1.82, 2.24) is 9.97 Å². The normalized spacial score (nSPS) is 10.9. The predicted octanol–water partition coefficient (Wildman–Crippen LogP) is 2.73. The van der Waals surface area contributed by atoms with Crippen molar-refractivity contribution in [3.63, 3.8) is 0 Å². The summed E-state index contributed by atoms with van der Waals surface area (Å²) in [5.41, 5.74) is 10.4. The summed E-state index contributed by atoms with van der Waals surface area (Å²) in [6.07, 6.45) is 6.59. The highest BCUT2D eigenvalue weighted by molar-refractivity contribution is 5.87. The number of aromatic nitrogens is 2. The topological polar surface area (TPSA) is 54.7 Å². The van der Waals surface area contributed by atoms with E-state index >= 15 is 0 Å². The zero-order chi connectivity index (χ0) is 12.4. The molecule has 0 amide bonds. The molecule has 3 N–H and O–H groups in total. The molecule has 3 nitrogen and oxygen atoms in total. The molecular weight excluding hydrogens is 222 g/mol. The minimum absolute atomic E-state index is 0.680. The molecule has 0 aliphatic rings. The molecule has 3 aromatic rings. The second-order valence-electron chi connectivity index (χ2n) is 4.35. The quantitative estimate of drug-likeness (QED) is 0.736.